The van der Waals surface area contributed by atoms with Crippen LogP contribution in [0.5, 0.6) is 0 Å². The van der Waals surface area contributed by atoms with Crippen molar-refractivity contribution in [1.82, 2.24) is 9.97 Å². The summed E-state index contributed by atoms with van der Waals surface area (Å²) in [5.41, 5.74) is 6.99. The fraction of sp³-hybridized carbons (Fsp3) is 0.714. The van der Waals surface area contributed by atoms with Crippen LogP contribution in [-0.4, -0.2) is 29.1 Å². The van der Waals surface area contributed by atoms with Crippen molar-refractivity contribution in [1.29, 1.82) is 0 Å². The molecular formula is C14H22N4. The predicted molar refractivity (Wildman–Crippen MR) is 72.7 cm³/mol. The molecule has 1 aliphatic carbocycles. The second-order valence-corrected chi connectivity index (χ2v) is 5.51. The molecule has 0 aromatic carbocycles. The third-order valence-electron chi connectivity index (χ3n) is 4.37. The van der Waals surface area contributed by atoms with Crippen LogP contribution in [-0.2, 0) is 0 Å². The number of hydrogen-bond acceptors (Lipinski definition) is 4. The number of aromatic nitrogens is 2. The normalized spacial score (nSPS) is 24.3. The molecule has 2 heterocycles. The van der Waals surface area contributed by atoms with Crippen LogP contribution in [0, 0.1) is 0 Å². The van der Waals surface area contributed by atoms with E-state index in [9.17, 15) is 0 Å². The van der Waals surface area contributed by atoms with E-state index in [0.717, 1.165) is 31.4 Å². The standard InChI is InChI=1S/C14H22N4/c15-7-6-13-5-2-8-18(13)14-16-9-12(10-17-14)11-3-1-4-11/h9-11,13H,1-8,15H2. The lowest BCUT2D eigenvalue weighted by molar-refractivity contribution is 0.417. The van der Waals surface area contributed by atoms with Crippen molar-refractivity contribution in [2.24, 2.45) is 5.73 Å². The first kappa shape index (κ1) is 11.9. The Morgan fingerprint density at radius 1 is 1.17 bits per heavy atom. The van der Waals surface area contributed by atoms with Gasteiger partial charge in [0.15, 0.2) is 0 Å². The number of anilines is 1. The van der Waals surface area contributed by atoms with E-state index in [0.29, 0.717) is 6.04 Å². The summed E-state index contributed by atoms with van der Waals surface area (Å²) in [4.78, 5) is 11.5. The van der Waals surface area contributed by atoms with Crippen LogP contribution in [0.2, 0.25) is 0 Å². The van der Waals surface area contributed by atoms with E-state index in [-0.39, 0.29) is 0 Å². The average Bonchev–Trinajstić information content (AvgIpc) is 2.77. The Morgan fingerprint density at radius 2 is 1.94 bits per heavy atom. The Morgan fingerprint density at radius 3 is 2.56 bits per heavy atom. The summed E-state index contributed by atoms with van der Waals surface area (Å²) in [6.45, 7) is 1.83. The first-order chi connectivity index (χ1) is 8.88. The lowest BCUT2D eigenvalue weighted by Crippen LogP contribution is -2.32. The molecule has 0 radical (unpaired) electrons. The molecule has 0 bridgehead atoms. The number of nitrogens with zero attached hydrogens (tertiary/aromatic N) is 3. The maximum absolute atomic E-state index is 5.67. The van der Waals surface area contributed by atoms with Gasteiger partial charge in [0.05, 0.1) is 0 Å². The van der Waals surface area contributed by atoms with Crippen molar-refractivity contribution < 1.29 is 0 Å². The summed E-state index contributed by atoms with van der Waals surface area (Å²) in [5, 5.41) is 0. The summed E-state index contributed by atoms with van der Waals surface area (Å²) >= 11 is 0. The Kier molecular flexibility index (Phi) is 3.46. The fourth-order valence-electron chi connectivity index (χ4n) is 3.02. The van der Waals surface area contributed by atoms with Crippen molar-refractivity contribution in [2.75, 3.05) is 18.0 Å². The molecule has 1 atom stereocenters. The molecule has 1 saturated heterocycles. The Bertz CT molecular complexity index is 385. The lowest BCUT2D eigenvalue weighted by Gasteiger charge is -2.27. The molecular weight excluding hydrogens is 224 g/mol. The molecule has 2 fully saturated rings. The van der Waals surface area contributed by atoms with E-state index >= 15 is 0 Å². The highest BCUT2D eigenvalue weighted by atomic mass is 15.3. The monoisotopic (exact) mass is 246 g/mol. The first-order valence-electron chi connectivity index (χ1n) is 7.17. The Hall–Kier alpha value is -1.16. The number of rotatable bonds is 4. The van der Waals surface area contributed by atoms with Crippen molar-refractivity contribution in [3.63, 3.8) is 0 Å². The zero-order valence-electron chi connectivity index (χ0n) is 10.9. The van der Waals surface area contributed by atoms with Gasteiger partial charge in [-0.25, -0.2) is 9.97 Å². The van der Waals surface area contributed by atoms with E-state index in [4.69, 9.17) is 5.73 Å². The van der Waals surface area contributed by atoms with Gasteiger partial charge in [-0.1, -0.05) is 6.42 Å². The van der Waals surface area contributed by atoms with Gasteiger partial charge < -0.3 is 10.6 Å². The highest BCUT2D eigenvalue weighted by molar-refractivity contribution is 5.34. The molecule has 1 saturated carbocycles. The van der Waals surface area contributed by atoms with Gasteiger partial charge in [0, 0.05) is 25.0 Å². The van der Waals surface area contributed by atoms with Gasteiger partial charge in [0.25, 0.3) is 0 Å². The summed E-state index contributed by atoms with van der Waals surface area (Å²) in [6, 6.07) is 0.546. The van der Waals surface area contributed by atoms with E-state index in [2.05, 4.69) is 14.9 Å². The molecule has 1 aromatic rings. The summed E-state index contributed by atoms with van der Waals surface area (Å²) in [7, 11) is 0. The minimum Gasteiger partial charge on any atom is -0.338 e. The minimum absolute atomic E-state index is 0.546. The second kappa shape index (κ2) is 5.22. The average molecular weight is 246 g/mol. The van der Waals surface area contributed by atoms with Crippen LogP contribution in [0.4, 0.5) is 5.95 Å². The third kappa shape index (κ3) is 2.21. The molecule has 1 aliphatic heterocycles. The quantitative estimate of drug-likeness (QED) is 0.883. The largest absolute Gasteiger partial charge is 0.338 e. The predicted octanol–water partition coefficient (Wildman–Crippen LogP) is 2.06. The third-order valence-corrected chi connectivity index (χ3v) is 4.37. The van der Waals surface area contributed by atoms with Gasteiger partial charge in [0.1, 0.15) is 0 Å². The van der Waals surface area contributed by atoms with Gasteiger partial charge in [-0.05, 0) is 50.1 Å². The van der Waals surface area contributed by atoms with E-state index in [1.165, 1.54) is 37.7 Å². The molecule has 0 spiro atoms. The van der Waals surface area contributed by atoms with Gasteiger partial charge in [0.2, 0.25) is 5.95 Å². The topological polar surface area (TPSA) is 55.0 Å². The zero-order valence-corrected chi connectivity index (χ0v) is 10.9. The molecule has 18 heavy (non-hydrogen) atoms. The Balaban J connectivity index is 1.71. The van der Waals surface area contributed by atoms with Crippen LogP contribution in [0.1, 0.15) is 50.0 Å². The summed E-state index contributed by atoms with van der Waals surface area (Å²) in [5.74, 6) is 1.62. The minimum atomic E-state index is 0.546. The zero-order chi connectivity index (χ0) is 12.4. The van der Waals surface area contributed by atoms with Crippen molar-refractivity contribution in [3.05, 3.63) is 18.0 Å². The first-order valence-corrected chi connectivity index (χ1v) is 7.17. The smallest absolute Gasteiger partial charge is 0.225 e. The highest BCUT2D eigenvalue weighted by Gasteiger charge is 2.26. The van der Waals surface area contributed by atoms with E-state index in [1.807, 2.05) is 12.4 Å². The van der Waals surface area contributed by atoms with E-state index < -0.39 is 0 Å². The molecule has 4 nitrogen and oxygen atoms in total. The summed E-state index contributed by atoms with van der Waals surface area (Å²) < 4.78 is 0. The van der Waals surface area contributed by atoms with Gasteiger partial charge in [-0.2, -0.15) is 0 Å². The van der Waals surface area contributed by atoms with Crippen LogP contribution in [0.3, 0.4) is 0 Å². The SMILES string of the molecule is NCCC1CCCN1c1ncc(C2CCC2)cn1. The molecule has 2 N–H and O–H groups in total. The molecule has 3 rings (SSSR count). The van der Waals surface area contributed by atoms with E-state index in [1.54, 1.807) is 0 Å². The molecule has 0 amide bonds. The van der Waals surface area contributed by atoms with Crippen LogP contribution >= 0.6 is 0 Å². The van der Waals surface area contributed by atoms with Crippen molar-refractivity contribution in [3.8, 4) is 0 Å². The van der Waals surface area contributed by atoms with Gasteiger partial charge >= 0.3 is 0 Å². The van der Waals surface area contributed by atoms with Gasteiger partial charge in [-0.3, -0.25) is 0 Å². The second-order valence-electron chi connectivity index (χ2n) is 5.51. The maximum atomic E-state index is 5.67. The van der Waals surface area contributed by atoms with Crippen LogP contribution < -0.4 is 10.6 Å². The number of hydrogen-bond donors (Lipinski definition) is 1. The van der Waals surface area contributed by atoms with Crippen molar-refractivity contribution >= 4 is 5.95 Å². The molecule has 98 valence electrons. The van der Waals surface area contributed by atoms with Crippen LogP contribution in [0.25, 0.3) is 0 Å². The fourth-order valence-corrected chi connectivity index (χ4v) is 3.02. The molecule has 1 unspecified atom stereocenters. The van der Waals surface area contributed by atoms with Crippen LogP contribution in [0.15, 0.2) is 12.4 Å². The molecule has 1 aromatic heterocycles. The summed E-state index contributed by atoms with van der Waals surface area (Å²) in [6.07, 6.45) is 11.5. The number of nitrogens with two attached hydrogens (primary N) is 1. The van der Waals surface area contributed by atoms with Gasteiger partial charge in [-0.15, -0.1) is 0 Å². The molecule has 2 aliphatic rings. The highest BCUT2D eigenvalue weighted by Crippen LogP contribution is 2.36. The van der Waals surface area contributed by atoms with Crippen molar-refractivity contribution in [2.45, 2.75) is 50.5 Å². The Labute approximate surface area is 109 Å². The molecule has 4 heteroatoms. The lowest BCUT2D eigenvalue weighted by atomic mass is 9.81. The maximum Gasteiger partial charge on any atom is 0.225 e.